The third kappa shape index (κ3) is 2.87. The molecule has 0 spiro atoms. The summed E-state index contributed by atoms with van der Waals surface area (Å²) in [5.74, 6) is 2.19. The Kier molecular flexibility index (Phi) is 4.05. The number of hydrogen-bond acceptors (Lipinski definition) is 5. The summed E-state index contributed by atoms with van der Waals surface area (Å²) in [6.07, 6.45) is 5.95. The van der Waals surface area contributed by atoms with E-state index in [-0.39, 0.29) is 0 Å². The normalized spacial score (nSPS) is 25.8. The van der Waals surface area contributed by atoms with Gasteiger partial charge in [0.1, 0.15) is 5.82 Å². The summed E-state index contributed by atoms with van der Waals surface area (Å²) in [4.78, 5) is 11.2. The molecule has 2 aliphatic heterocycles. The van der Waals surface area contributed by atoms with E-state index in [0.29, 0.717) is 12.0 Å². The second-order valence-electron chi connectivity index (χ2n) is 6.05. The molecule has 3 N–H and O–H groups in total. The van der Waals surface area contributed by atoms with Crippen molar-refractivity contribution < 1.29 is 0 Å². The minimum absolute atomic E-state index is 0.413. The van der Waals surface area contributed by atoms with Crippen molar-refractivity contribution in [1.29, 1.82) is 0 Å². The molecule has 110 valence electrons. The van der Waals surface area contributed by atoms with Crippen LogP contribution in [0.5, 0.6) is 0 Å². The maximum absolute atomic E-state index is 5.88. The van der Waals surface area contributed by atoms with Gasteiger partial charge >= 0.3 is 0 Å². The Balaban J connectivity index is 1.74. The van der Waals surface area contributed by atoms with Crippen LogP contribution in [0.4, 0.5) is 11.8 Å². The molecule has 0 saturated carbocycles. The molecule has 0 unspecified atom stereocenters. The van der Waals surface area contributed by atoms with Crippen LogP contribution in [0.15, 0.2) is 6.07 Å². The molecule has 0 amide bonds. The summed E-state index contributed by atoms with van der Waals surface area (Å²) in [6.45, 7) is 5.50. The second kappa shape index (κ2) is 5.95. The molecule has 0 aromatic carbocycles. The lowest BCUT2D eigenvalue weighted by atomic mass is 9.94. The number of nitrogen functional groups attached to an aromatic ring is 1. The van der Waals surface area contributed by atoms with E-state index in [1.54, 1.807) is 0 Å². The van der Waals surface area contributed by atoms with Gasteiger partial charge in [-0.15, -0.1) is 0 Å². The van der Waals surface area contributed by atoms with Crippen molar-refractivity contribution in [2.24, 2.45) is 5.92 Å². The Bertz CT molecular complexity index is 448. The van der Waals surface area contributed by atoms with Crippen LogP contribution in [0.25, 0.3) is 0 Å². The average Bonchev–Trinajstić information content (AvgIpc) is 2.88. The van der Waals surface area contributed by atoms with Gasteiger partial charge in [0.15, 0.2) is 0 Å². The Hall–Kier alpha value is -1.36. The van der Waals surface area contributed by atoms with Crippen LogP contribution in [0.1, 0.15) is 38.3 Å². The molecule has 0 radical (unpaired) electrons. The zero-order chi connectivity index (χ0) is 13.9. The fourth-order valence-corrected chi connectivity index (χ4v) is 3.38. The molecule has 2 fully saturated rings. The zero-order valence-electron chi connectivity index (χ0n) is 12.3. The Morgan fingerprint density at radius 3 is 3.10 bits per heavy atom. The van der Waals surface area contributed by atoms with Crippen molar-refractivity contribution in [2.45, 2.75) is 45.1 Å². The first-order valence-electron chi connectivity index (χ1n) is 7.88. The van der Waals surface area contributed by atoms with E-state index >= 15 is 0 Å². The van der Waals surface area contributed by atoms with Crippen LogP contribution in [0, 0.1) is 5.92 Å². The van der Waals surface area contributed by atoms with Crippen molar-refractivity contribution in [2.75, 3.05) is 30.3 Å². The van der Waals surface area contributed by atoms with Crippen LogP contribution in [0.3, 0.4) is 0 Å². The number of nitrogens with zero attached hydrogens (tertiary/aromatic N) is 3. The topological polar surface area (TPSA) is 67.1 Å². The van der Waals surface area contributed by atoms with Gasteiger partial charge in [-0.1, -0.05) is 13.3 Å². The number of piperidine rings is 1. The molecule has 2 aliphatic rings. The molecule has 3 rings (SSSR count). The van der Waals surface area contributed by atoms with E-state index in [4.69, 9.17) is 5.73 Å². The fraction of sp³-hybridized carbons (Fsp3) is 0.733. The molecule has 1 aromatic heterocycles. The van der Waals surface area contributed by atoms with Gasteiger partial charge in [0.2, 0.25) is 5.95 Å². The molecule has 0 bridgehead atoms. The van der Waals surface area contributed by atoms with Crippen LogP contribution in [0.2, 0.25) is 0 Å². The molecule has 20 heavy (non-hydrogen) atoms. The van der Waals surface area contributed by atoms with Crippen LogP contribution in [-0.2, 0) is 6.42 Å². The predicted molar refractivity (Wildman–Crippen MR) is 81.8 cm³/mol. The van der Waals surface area contributed by atoms with Crippen LogP contribution >= 0.6 is 0 Å². The number of nitrogens with one attached hydrogen (secondary N) is 1. The molecule has 5 nitrogen and oxygen atoms in total. The minimum atomic E-state index is 0.413. The van der Waals surface area contributed by atoms with Crippen molar-refractivity contribution in [3.63, 3.8) is 0 Å². The highest BCUT2D eigenvalue weighted by atomic mass is 15.3. The van der Waals surface area contributed by atoms with Crippen molar-refractivity contribution in [1.82, 2.24) is 15.3 Å². The average molecular weight is 275 g/mol. The number of rotatable bonds is 4. The number of aromatic nitrogens is 2. The first kappa shape index (κ1) is 13.6. The Labute approximate surface area is 121 Å². The summed E-state index contributed by atoms with van der Waals surface area (Å²) >= 11 is 0. The van der Waals surface area contributed by atoms with Crippen molar-refractivity contribution >= 4 is 11.8 Å². The number of nitrogens with two attached hydrogens (primary N) is 1. The van der Waals surface area contributed by atoms with E-state index in [2.05, 4.69) is 33.2 Å². The van der Waals surface area contributed by atoms with Gasteiger partial charge in [-0.25, -0.2) is 4.98 Å². The highest BCUT2D eigenvalue weighted by Crippen LogP contribution is 2.28. The molecular formula is C15H25N5. The molecular weight excluding hydrogens is 250 g/mol. The highest BCUT2D eigenvalue weighted by molar-refractivity contribution is 5.45. The quantitative estimate of drug-likeness (QED) is 0.873. The summed E-state index contributed by atoms with van der Waals surface area (Å²) < 4.78 is 0. The van der Waals surface area contributed by atoms with Gasteiger partial charge in [0.05, 0.1) is 0 Å². The van der Waals surface area contributed by atoms with E-state index in [1.807, 2.05) is 0 Å². The third-order valence-corrected chi connectivity index (χ3v) is 4.49. The molecule has 0 aliphatic carbocycles. The monoisotopic (exact) mass is 275 g/mol. The second-order valence-corrected chi connectivity index (χ2v) is 6.05. The number of fused-ring (bicyclic) bond motifs is 1. The predicted octanol–water partition coefficient (Wildman–Crippen LogP) is 1.59. The third-order valence-electron chi connectivity index (χ3n) is 4.49. The van der Waals surface area contributed by atoms with Gasteiger partial charge in [0, 0.05) is 30.9 Å². The molecule has 2 saturated heterocycles. The molecule has 1 aromatic rings. The van der Waals surface area contributed by atoms with Gasteiger partial charge in [-0.05, 0) is 38.1 Å². The number of unbranched alkanes of at least 4 members (excludes halogenated alkanes) is 1. The summed E-state index contributed by atoms with van der Waals surface area (Å²) in [5, 5.41) is 3.63. The lowest BCUT2D eigenvalue weighted by molar-refractivity contribution is 0.340. The van der Waals surface area contributed by atoms with Gasteiger partial charge < -0.3 is 16.0 Å². The maximum atomic E-state index is 5.88. The number of aryl methyl sites for hydroxylation is 1. The van der Waals surface area contributed by atoms with Crippen LogP contribution in [-0.4, -0.2) is 35.6 Å². The lowest BCUT2D eigenvalue weighted by Gasteiger charge is -2.24. The smallest absolute Gasteiger partial charge is 0.222 e. The summed E-state index contributed by atoms with van der Waals surface area (Å²) in [5.41, 5.74) is 6.96. The maximum Gasteiger partial charge on any atom is 0.222 e. The molecule has 3 heterocycles. The molecule has 5 heteroatoms. The molecule has 2 atom stereocenters. The minimum Gasteiger partial charge on any atom is -0.368 e. The zero-order valence-corrected chi connectivity index (χ0v) is 12.3. The van der Waals surface area contributed by atoms with E-state index in [1.165, 1.54) is 19.3 Å². The SMILES string of the molecule is CCCCc1cc(N2C[C@@H]3CCCN[C@@H]3C2)nc(N)n1. The number of hydrogen-bond donors (Lipinski definition) is 2. The first-order valence-corrected chi connectivity index (χ1v) is 7.88. The first-order chi connectivity index (χ1) is 9.76. The Morgan fingerprint density at radius 2 is 2.30 bits per heavy atom. The summed E-state index contributed by atoms with van der Waals surface area (Å²) in [6, 6.07) is 2.75. The van der Waals surface area contributed by atoms with Gasteiger partial charge in [0.25, 0.3) is 0 Å². The van der Waals surface area contributed by atoms with Crippen LogP contribution < -0.4 is 16.0 Å². The highest BCUT2D eigenvalue weighted by Gasteiger charge is 2.34. The van der Waals surface area contributed by atoms with E-state index in [0.717, 1.165) is 49.9 Å². The Morgan fingerprint density at radius 1 is 1.40 bits per heavy atom. The number of anilines is 2. The lowest BCUT2D eigenvalue weighted by Crippen LogP contribution is -2.40. The van der Waals surface area contributed by atoms with Crippen molar-refractivity contribution in [3.05, 3.63) is 11.8 Å². The van der Waals surface area contributed by atoms with E-state index in [9.17, 15) is 0 Å². The largest absolute Gasteiger partial charge is 0.368 e. The van der Waals surface area contributed by atoms with Crippen molar-refractivity contribution in [3.8, 4) is 0 Å². The summed E-state index contributed by atoms with van der Waals surface area (Å²) in [7, 11) is 0. The standard InChI is InChI=1S/C15H25N5/c1-2-3-6-12-8-14(19-15(16)18-12)20-9-11-5-4-7-17-13(11)10-20/h8,11,13,17H,2-7,9-10H2,1H3,(H2,16,18,19)/t11-,13+/m0/s1. The van der Waals surface area contributed by atoms with Gasteiger partial charge in [-0.2, -0.15) is 4.98 Å². The van der Waals surface area contributed by atoms with Gasteiger partial charge in [-0.3, -0.25) is 0 Å². The van der Waals surface area contributed by atoms with E-state index < -0.39 is 0 Å². The fourth-order valence-electron chi connectivity index (χ4n) is 3.38.